The molecule has 5 heterocycles. The molecular formula is C114H68N6O2S. The van der Waals surface area contributed by atoms with E-state index in [1.165, 1.54) is 42.1 Å². The van der Waals surface area contributed by atoms with Crippen LogP contribution in [0, 0.1) is 0 Å². The minimum atomic E-state index is 0.590. The normalized spacial score (nSPS) is 11.7. The van der Waals surface area contributed by atoms with Gasteiger partial charge in [-0.05, 0) is 171 Å². The van der Waals surface area contributed by atoms with Crippen molar-refractivity contribution in [1.82, 2.24) is 29.9 Å². The largest absolute Gasteiger partial charge is 0.455 e. The molecule has 572 valence electrons. The molecule has 0 radical (unpaired) electrons. The number of fused-ring (bicyclic) bond motifs is 12. The van der Waals surface area contributed by atoms with Crippen molar-refractivity contribution in [2.24, 2.45) is 0 Å². The lowest BCUT2D eigenvalue weighted by Crippen LogP contribution is -2.00. The molecule has 0 spiro atoms. The third kappa shape index (κ3) is 12.6. The van der Waals surface area contributed by atoms with Crippen molar-refractivity contribution < 1.29 is 8.83 Å². The van der Waals surface area contributed by atoms with Gasteiger partial charge in [-0.1, -0.05) is 352 Å². The van der Waals surface area contributed by atoms with Crippen LogP contribution in [0.2, 0.25) is 0 Å². The van der Waals surface area contributed by atoms with Gasteiger partial charge in [-0.2, -0.15) is 0 Å². The van der Waals surface area contributed by atoms with Crippen molar-refractivity contribution in [2.45, 2.75) is 0 Å². The number of benzene rings is 19. The first-order valence-electron chi connectivity index (χ1n) is 41.4. The first-order chi connectivity index (χ1) is 60.9. The molecule has 0 saturated heterocycles. The maximum Gasteiger partial charge on any atom is 0.164 e. The van der Waals surface area contributed by atoms with Gasteiger partial charge in [-0.15, -0.1) is 11.3 Å². The van der Waals surface area contributed by atoms with Crippen LogP contribution >= 0.6 is 11.3 Å². The maximum absolute atomic E-state index is 6.88. The summed E-state index contributed by atoms with van der Waals surface area (Å²) in [6.45, 7) is 0. The second kappa shape index (κ2) is 29.4. The molecular weight excluding hydrogens is 1520 g/mol. The highest BCUT2D eigenvalue weighted by Gasteiger charge is 2.24. The highest BCUT2D eigenvalue weighted by atomic mass is 32.1. The lowest BCUT2D eigenvalue weighted by atomic mass is 9.91. The zero-order valence-corrected chi connectivity index (χ0v) is 67.0. The van der Waals surface area contributed by atoms with E-state index in [1.54, 1.807) is 11.3 Å². The first kappa shape index (κ1) is 71.0. The van der Waals surface area contributed by atoms with Crippen molar-refractivity contribution in [3.63, 3.8) is 0 Å². The zero-order valence-electron chi connectivity index (χ0n) is 66.2. The Bertz CT molecular complexity index is 8350. The van der Waals surface area contributed by atoms with E-state index >= 15 is 0 Å². The van der Waals surface area contributed by atoms with Crippen LogP contribution < -0.4 is 0 Å². The van der Waals surface area contributed by atoms with Gasteiger partial charge in [-0.25, -0.2) is 29.9 Å². The van der Waals surface area contributed by atoms with Gasteiger partial charge < -0.3 is 8.83 Å². The highest BCUT2D eigenvalue weighted by molar-refractivity contribution is 7.25. The van der Waals surface area contributed by atoms with Crippen LogP contribution in [-0.2, 0) is 0 Å². The summed E-state index contributed by atoms with van der Waals surface area (Å²) < 4.78 is 16.2. The van der Waals surface area contributed by atoms with Gasteiger partial charge in [0.15, 0.2) is 34.9 Å². The monoisotopic (exact) mass is 1580 g/mol. The summed E-state index contributed by atoms with van der Waals surface area (Å²) in [5.74, 6) is 3.68. The van der Waals surface area contributed by atoms with E-state index in [0.29, 0.717) is 34.9 Å². The summed E-state index contributed by atoms with van der Waals surface area (Å²) >= 11 is 1.79. The molecule has 0 unspecified atom stereocenters. The second-order valence-corrected chi connectivity index (χ2v) is 32.6. The second-order valence-electron chi connectivity index (χ2n) is 31.5. The van der Waals surface area contributed by atoms with Crippen LogP contribution in [0.3, 0.4) is 0 Å². The summed E-state index contributed by atoms with van der Waals surface area (Å²) in [5, 5.41) is 13.4. The molecule has 19 aromatic carbocycles. The van der Waals surface area contributed by atoms with Crippen molar-refractivity contribution in [1.29, 1.82) is 0 Å². The molecule has 8 nitrogen and oxygen atoms in total. The Balaban J connectivity index is 0.501. The number of nitrogens with zero attached hydrogens (tertiary/aromatic N) is 6. The Morgan fingerprint density at radius 1 is 0.163 bits per heavy atom. The standard InChI is InChI=1S/C114H68N6O2S/c1-4-20-69(21-5-1)79-27-16-28-83(64-79)89-34-18-36-99-105-96(35-19-38-102(105)122-107(89)99)93-62-63-97(92-30-11-10-29-91(92)93)114-119-110(77-24-8-3-9-25-77)115-111(120-114)78-51-44-72(45-52-78)82-53-50-73-26-17-33-87(100(73)67-82)74-46-40-70(41-47-74)71-42-48-75(49-43-71)90-61-60-88(106-98-32-12-14-37-101(98)121-108(90)106)84-56-54-81-66-85(57-55-80(81)65-84)112-116-109(76-22-6-2-7-23-76)117-113(118-112)86-58-59-95-94-31-13-15-39-103(94)123-104(95)68-86/h1-68H. The number of thiophene rings is 1. The van der Waals surface area contributed by atoms with Gasteiger partial charge in [-0.3, -0.25) is 0 Å². The number of rotatable bonds is 14. The zero-order chi connectivity index (χ0) is 81.0. The first-order valence-corrected chi connectivity index (χ1v) is 42.2. The van der Waals surface area contributed by atoms with Crippen molar-refractivity contribution in [3.8, 4) is 157 Å². The number of hydrogen-bond donors (Lipinski definition) is 0. The quantitative estimate of drug-likeness (QED) is 0.106. The van der Waals surface area contributed by atoms with Gasteiger partial charge >= 0.3 is 0 Å². The average Bonchev–Trinajstić information content (AvgIpc) is 1.63. The Hall–Kier alpha value is -16.2. The molecule has 0 fully saturated rings. The molecule has 0 amide bonds. The van der Waals surface area contributed by atoms with Crippen molar-refractivity contribution in [3.05, 3.63) is 413 Å². The molecule has 24 aromatic rings. The molecule has 0 aliphatic rings. The third-order valence-corrected chi connectivity index (χ3v) is 25.4. The lowest BCUT2D eigenvalue weighted by molar-refractivity contribution is 0.669. The Labute approximate surface area is 711 Å². The maximum atomic E-state index is 6.88. The minimum absolute atomic E-state index is 0.590. The fraction of sp³-hybridized carbons (Fsp3) is 0. The van der Waals surface area contributed by atoms with Crippen LogP contribution in [-0.4, -0.2) is 29.9 Å². The van der Waals surface area contributed by atoms with E-state index in [-0.39, 0.29) is 0 Å². The molecule has 123 heavy (non-hydrogen) atoms. The topological polar surface area (TPSA) is 104 Å². The van der Waals surface area contributed by atoms with Gasteiger partial charge in [0.25, 0.3) is 0 Å². The van der Waals surface area contributed by atoms with Gasteiger partial charge in [0.2, 0.25) is 0 Å². The average molecular weight is 1590 g/mol. The Kier molecular flexibility index (Phi) is 17.0. The summed E-state index contributed by atoms with van der Waals surface area (Å²) in [6, 6.07) is 146. The molecule has 0 aliphatic heterocycles. The molecule has 9 heteroatoms. The summed E-state index contributed by atoms with van der Waals surface area (Å²) in [6.07, 6.45) is 0. The SMILES string of the molecule is c1ccc(-c2cccc(-c3cccc4c3oc3cccc(-c5ccc(-c6nc(-c7ccccc7)nc(-c7ccc(-c8ccc9cccc(-c%10ccc(-c%11ccc(-c%12ccc(-c%13ccc%14cc(-c%15nc(-c%16ccccc%16)nc(-c%16ccc%17c(c%16)sc%16ccccc%16%17)n%15)ccc%14c%13)c%13c%12oc%12ccccc%12%13)cc%11)cc%10)c9c8)cc7)n6)c6ccccc56)c34)c2)cc1. The Morgan fingerprint density at radius 3 is 1.28 bits per heavy atom. The predicted octanol–water partition coefficient (Wildman–Crippen LogP) is 31.0. The highest BCUT2D eigenvalue weighted by Crippen LogP contribution is 2.48. The number of para-hydroxylation sites is 2. The fourth-order valence-corrected chi connectivity index (χ4v) is 19.3. The molecule has 0 atom stereocenters. The van der Waals surface area contributed by atoms with Crippen LogP contribution in [0.5, 0.6) is 0 Å². The van der Waals surface area contributed by atoms with E-state index < -0.39 is 0 Å². The molecule has 0 aliphatic carbocycles. The Morgan fingerprint density at radius 2 is 0.561 bits per heavy atom. The smallest absolute Gasteiger partial charge is 0.164 e. The minimum Gasteiger partial charge on any atom is -0.455 e. The fourth-order valence-electron chi connectivity index (χ4n) is 18.1. The van der Waals surface area contributed by atoms with E-state index in [4.69, 9.17) is 38.7 Å². The van der Waals surface area contributed by atoms with Gasteiger partial charge in [0, 0.05) is 86.2 Å². The van der Waals surface area contributed by atoms with E-state index in [9.17, 15) is 0 Å². The van der Waals surface area contributed by atoms with E-state index in [2.05, 4.69) is 370 Å². The predicted molar refractivity (Wildman–Crippen MR) is 509 cm³/mol. The van der Waals surface area contributed by atoms with Crippen molar-refractivity contribution in [2.75, 3.05) is 0 Å². The molecule has 0 bridgehead atoms. The van der Waals surface area contributed by atoms with E-state index in [1.807, 2.05) is 42.5 Å². The van der Waals surface area contributed by atoms with E-state index in [0.717, 1.165) is 177 Å². The summed E-state index contributed by atoms with van der Waals surface area (Å²) in [4.78, 5) is 31.2. The summed E-state index contributed by atoms with van der Waals surface area (Å²) in [7, 11) is 0. The molecule has 5 aromatic heterocycles. The molecule has 24 rings (SSSR count). The van der Waals surface area contributed by atoms with Crippen LogP contribution in [0.15, 0.2) is 421 Å². The number of aromatic nitrogens is 6. The van der Waals surface area contributed by atoms with Crippen LogP contribution in [0.1, 0.15) is 0 Å². The van der Waals surface area contributed by atoms with Gasteiger partial charge in [0.1, 0.15) is 22.3 Å². The lowest BCUT2D eigenvalue weighted by Gasteiger charge is -2.14. The molecule has 0 N–H and O–H groups in total. The molecule has 0 saturated carbocycles. The summed E-state index contributed by atoms with van der Waals surface area (Å²) in [5.41, 5.74) is 26.7. The third-order valence-electron chi connectivity index (χ3n) is 24.2. The van der Waals surface area contributed by atoms with Crippen LogP contribution in [0.25, 0.3) is 254 Å². The van der Waals surface area contributed by atoms with Crippen molar-refractivity contribution >= 4 is 108 Å². The van der Waals surface area contributed by atoms with Gasteiger partial charge in [0.05, 0.1) is 0 Å². The number of furan rings is 2. The van der Waals surface area contributed by atoms with Crippen LogP contribution in [0.4, 0.5) is 0 Å². The number of hydrogen-bond acceptors (Lipinski definition) is 9.